The number of likely N-dealkylation sites (tertiary alicyclic amines) is 1. The Morgan fingerprint density at radius 1 is 1.10 bits per heavy atom. The molecule has 3 aromatic rings. The van der Waals surface area contributed by atoms with Gasteiger partial charge in [0.2, 0.25) is 11.8 Å². The molecular weight excluding hydrogens is 818 g/mol. The van der Waals surface area contributed by atoms with E-state index in [0.717, 1.165) is 9.13 Å². The molecule has 0 aromatic heterocycles. The number of anilines is 1. The Bertz CT molecular complexity index is 1790. The number of hydrogen-bond acceptors (Lipinski definition) is 6. The fourth-order valence-corrected chi connectivity index (χ4v) is 8.15. The van der Waals surface area contributed by atoms with Crippen molar-refractivity contribution in [2.45, 2.75) is 82.5 Å². The monoisotopic (exact) mass is 864 g/mol. The van der Waals surface area contributed by atoms with Crippen LogP contribution >= 0.6 is 45.8 Å². The topological polar surface area (TPSA) is 94.2 Å². The van der Waals surface area contributed by atoms with Gasteiger partial charge in [-0.15, -0.1) is 0 Å². The molecule has 5 rings (SSSR count). The first-order valence-electron chi connectivity index (χ1n) is 16.8. The largest absolute Gasteiger partial charge is 0.489 e. The molecular formula is C39H47Cl2IN2O6Si. The standard InChI is InChI=1S/C33H31Cl2IN2O5.C6H16OSi/c1-5-13-42-27-12-10-22(36)16-23(27)30-33(24-11-9-21(35)15-26(24)37-31(33)41)25(19-7-6-8-20(34)14-19)17-28(39)38(30)18-29(40)43-32(2,3)4;1-6(7-2)8(3,4)5/h5-12,14-16,25,30H,1,13,17-18H2,2-4H3,(H,37,41);6H,1-5H3/t25-,30+,33-;/m0./s1. The van der Waals surface area contributed by atoms with E-state index in [1.807, 2.05) is 30.3 Å². The van der Waals surface area contributed by atoms with Crippen molar-refractivity contribution in [3.05, 3.63) is 104 Å². The van der Waals surface area contributed by atoms with Gasteiger partial charge in [0.05, 0.1) is 14.1 Å². The molecule has 2 aliphatic heterocycles. The number of nitrogens with zero attached hydrogens (tertiary/aromatic N) is 1. The first kappa shape index (κ1) is 40.9. The van der Waals surface area contributed by atoms with Crippen molar-refractivity contribution in [3.8, 4) is 5.75 Å². The third kappa shape index (κ3) is 9.19. The number of methoxy groups -OCH3 is 1. The zero-order valence-electron chi connectivity index (χ0n) is 30.4. The third-order valence-electron chi connectivity index (χ3n) is 9.21. The summed E-state index contributed by atoms with van der Waals surface area (Å²) in [5, 5.41) is 3.98. The van der Waals surface area contributed by atoms with E-state index in [4.69, 9.17) is 37.4 Å². The van der Waals surface area contributed by atoms with Crippen molar-refractivity contribution in [2.75, 3.05) is 25.6 Å². The highest BCUT2D eigenvalue weighted by atomic mass is 127. The number of halogens is 3. The minimum Gasteiger partial charge on any atom is -0.489 e. The molecule has 0 saturated carbocycles. The highest BCUT2D eigenvalue weighted by molar-refractivity contribution is 14.1. The fourth-order valence-electron chi connectivity index (χ4n) is 6.56. The lowest BCUT2D eigenvalue weighted by Gasteiger charge is -2.51. The Morgan fingerprint density at radius 2 is 1.78 bits per heavy atom. The maximum absolute atomic E-state index is 14.6. The summed E-state index contributed by atoms with van der Waals surface area (Å²) in [6, 6.07) is 17.1. The molecule has 1 N–H and O–H groups in total. The second-order valence-electron chi connectivity index (χ2n) is 14.9. The zero-order chi connectivity index (χ0) is 37.9. The van der Waals surface area contributed by atoms with Crippen LogP contribution in [0.5, 0.6) is 5.75 Å². The predicted molar refractivity (Wildman–Crippen MR) is 216 cm³/mol. The third-order valence-corrected chi connectivity index (χ3v) is 13.0. The van der Waals surface area contributed by atoms with Crippen molar-refractivity contribution in [3.63, 3.8) is 0 Å². The number of hydrogen-bond donors (Lipinski definition) is 1. The average molecular weight is 866 g/mol. The van der Waals surface area contributed by atoms with Crippen molar-refractivity contribution in [2.24, 2.45) is 0 Å². The van der Waals surface area contributed by atoms with E-state index in [-0.39, 0.29) is 31.4 Å². The zero-order valence-corrected chi connectivity index (χ0v) is 35.1. The van der Waals surface area contributed by atoms with Crippen LogP contribution in [0.4, 0.5) is 5.69 Å². The SMILES string of the molecule is C=CCOc1ccc(I)cc1[C@H]1N(CC(=O)OC(C)(C)C)C(=O)C[C@@H](c2cccc(Cl)c2)[C@]12C(=O)Nc1cc(Cl)ccc12.COC(C)[Si](C)(C)C. The Kier molecular flexibility index (Phi) is 13.1. The molecule has 51 heavy (non-hydrogen) atoms. The number of fused-ring (bicyclic) bond motifs is 2. The number of amides is 2. The molecule has 4 atom stereocenters. The Labute approximate surface area is 326 Å². The minimum absolute atomic E-state index is 0.0537. The van der Waals surface area contributed by atoms with Crippen molar-refractivity contribution >= 4 is 77.3 Å². The molecule has 1 spiro atoms. The van der Waals surface area contributed by atoms with Gasteiger partial charge in [0.25, 0.3) is 0 Å². The first-order valence-corrected chi connectivity index (χ1v) is 22.2. The van der Waals surface area contributed by atoms with E-state index in [0.29, 0.717) is 38.3 Å². The fraction of sp³-hybridized carbons (Fsp3) is 0.410. The summed E-state index contributed by atoms with van der Waals surface area (Å²) in [6.07, 6.45) is 1.57. The van der Waals surface area contributed by atoms with Gasteiger partial charge < -0.3 is 24.4 Å². The van der Waals surface area contributed by atoms with Crippen molar-refractivity contribution < 1.29 is 28.6 Å². The van der Waals surface area contributed by atoms with Gasteiger partial charge in [0.15, 0.2) is 0 Å². The summed E-state index contributed by atoms with van der Waals surface area (Å²) in [6.45, 7) is 18.0. The average Bonchev–Trinajstić information content (AvgIpc) is 3.31. The normalized spacial score (nSPS) is 20.6. The number of esters is 1. The summed E-state index contributed by atoms with van der Waals surface area (Å²) in [5.41, 5.74) is 0.822. The summed E-state index contributed by atoms with van der Waals surface area (Å²) in [4.78, 5) is 43.7. The van der Waals surface area contributed by atoms with E-state index in [2.05, 4.69) is 61.1 Å². The Balaban J connectivity index is 0.000000652. The van der Waals surface area contributed by atoms with E-state index >= 15 is 0 Å². The van der Waals surface area contributed by atoms with E-state index in [1.54, 1.807) is 64.3 Å². The lowest BCUT2D eigenvalue weighted by molar-refractivity contribution is -0.164. The van der Waals surface area contributed by atoms with Crippen LogP contribution in [0.25, 0.3) is 0 Å². The number of ether oxygens (including phenoxy) is 3. The number of piperidine rings is 1. The molecule has 2 heterocycles. The lowest BCUT2D eigenvalue weighted by atomic mass is 9.58. The van der Waals surface area contributed by atoms with Crippen LogP contribution in [-0.4, -0.2) is 62.3 Å². The molecule has 0 radical (unpaired) electrons. The molecule has 1 fully saturated rings. The van der Waals surface area contributed by atoms with E-state index in [9.17, 15) is 14.4 Å². The van der Waals surface area contributed by atoms with Crippen LogP contribution < -0.4 is 10.1 Å². The number of nitrogens with one attached hydrogen (secondary N) is 1. The molecule has 8 nitrogen and oxygen atoms in total. The number of carbonyl (C=O) groups excluding carboxylic acids is 3. The Hall–Kier alpha value is -2.90. The van der Waals surface area contributed by atoms with Gasteiger partial charge in [-0.3, -0.25) is 14.4 Å². The maximum Gasteiger partial charge on any atom is 0.326 e. The quantitative estimate of drug-likeness (QED) is 0.0998. The van der Waals surface area contributed by atoms with Crippen LogP contribution in [0, 0.1) is 3.57 Å². The van der Waals surface area contributed by atoms with Gasteiger partial charge in [-0.2, -0.15) is 0 Å². The predicted octanol–water partition coefficient (Wildman–Crippen LogP) is 9.35. The summed E-state index contributed by atoms with van der Waals surface area (Å²) >= 11 is 15.0. The van der Waals surface area contributed by atoms with Crippen LogP contribution in [0.1, 0.15) is 62.8 Å². The summed E-state index contributed by atoms with van der Waals surface area (Å²) in [5.74, 6) is -1.40. The molecule has 274 valence electrons. The molecule has 2 aliphatic rings. The van der Waals surface area contributed by atoms with Gasteiger partial charge in [-0.1, -0.05) is 73.7 Å². The molecule has 1 saturated heterocycles. The van der Waals surface area contributed by atoms with Crippen molar-refractivity contribution in [1.82, 2.24) is 4.90 Å². The van der Waals surface area contributed by atoms with Gasteiger partial charge in [0, 0.05) is 50.0 Å². The lowest BCUT2D eigenvalue weighted by Crippen LogP contribution is -2.59. The molecule has 0 bridgehead atoms. The van der Waals surface area contributed by atoms with E-state index in [1.165, 1.54) is 4.90 Å². The van der Waals surface area contributed by atoms with Gasteiger partial charge in [-0.25, -0.2) is 0 Å². The molecule has 12 heteroatoms. The minimum atomic E-state index is -1.39. The van der Waals surface area contributed by atoms with Gasteiger partial charge >= 0.3 is 5.97 Å². The highest BCUT2D eigenvalue weighted by Crippen LogP contribution is 2.61. The summed E-state index contributed by atoms with van der Waals surface area (Å²) < 4.78 is 17.8. The van der Waals surface area contributed by atoms with Crippen LogP contribution in [-0.2, 0) is 29.3 Å². The summed E-state index contributed by atoms with van der Waals surface area (Å²) in [7, 11) is 0.798. The van der Waals surface area contributed by atoms with E-state index < -0.39 is 37.0 Å². The van der Waals surface area contributed by atoms with Crippen LogP contribution in [0.3, 0.4) is 0 Å². The van der Waals surface area contributed by atoms with Crippen LogP contribution in [0.15, 0.2) is 73.3 Å². The first-order chi connectivity index (χ1) is 23.8. The second-order valence-corrected chi connectivity index (χ2v) is 22.5. The Morgan fingerprint density at radius 3 is 2.37 bits per heavy atom. The number of benzene rings is 3. The molecule has 2 amide bonds. The number of carbonyl (C=O) groups is 3. The second kappa shape index (κ2) is 16.4. The maximum atomic E-state index is 14.6. The molecule has 3 aromatic carbocycles. The van der Waals surface area contributed by atoms with Gasteiger partial charge in [0.1, 0.15) is 29.9 Å². The smallest absolute Gasteiger partial charge is 0.326 e. The van der Waals surface area contributed by atoms with Crippen LogP contribution in [0.2, 0.25) is 29.7 Å². The highest BCUT2D eigenvalue weighted by Gasteiger charge is 2.64. The molecule has 1 unspecified atom stereocenters. The molecule has 0 aliphatic carbocycles. The van der Waals surface area contributed by atoms with Gasteiger partial charge in [-0.05, 0) is 104 Å². The van der Waals surface area contributed by atoms with Crippen molar-refractivity contribution in [1.29, 1.82) is 0 Å². The number of rotatable bonds is 9.